The minimum absolute atomic E-state index is 0.565. The molecule has 0 bridgehead atoms. The van der Waals surface area contributed by atoms with E-state index in [-0.39, 0.29) is 0 Å². The van der Waals surface area contributed by atoms with Gasteiger partial charge in [-0.25, -0.2) is 4.98 Å². The van der Waals surface area contributed by atoms with E-state index in [1.54, 1.807) is 0 Å². The maximum atomic E-state index is 8.53. The lowest BCUT2D eigenvalue weighted by Crippen LogP contribution is -1.78. The highest BCUT2D eigenvalue weighted by atomic mass is 32.1. The molecule has 0 aliphatic heterocycles. The molecule has 2 aromatic heterocycles. The SMILES string of the molecule is N#Cc1cc2sc(N)nc2s1. The second kappa shape index (κ2) is 2.19. The van der Waals surface area contributed by atoms with Gasteiger partial charge >= 0.3 is 0 Å². The van der Waals surface area contributed by atoms with Crippen LogP contribution in [0.3, 0.4) is 0 Å². The molecule has 0 spiro atoms. The molecule has 0 amide bonds. The molecule has 0 aliphatic rings. The first kappa shape index (κ1) is 6.58. The maximum absolute atomic E-state index is 8.53. The van der Waals surface area contributed by atoms with Gasteiger partial charge in [0, 0.05) is 0 Å². The summed E-state index contributed by atoms with van der Waals surface area (Å²) in [7, 11) is 0. The third-order valence-corrected chi connectivity index (χ3v) is 3.11. The van der Waals surface area contributed by atoms with Gasteiger partial charge in [0.2, 0.25) is 0 Å². The standard InChI is InChI=1S/C6H3N3S2/c7-2-3-1-4-5(10-3)9-6(8)11-4/h1H,(H2,8,9). The summed E-state index contributed by atoms with van der Waals surface area (Å²) in [6.07, 6.45) is 0. The number of thiophene rings is 1. The van der Waals surface area contributed by atoms with Crippen molar-refractivity contribution in [3.05, 3.63) is 10.9 Å². The largest absolute Gasteiger partial charge is 0.375 e. The number of nitrogen functional groups attached to an aromatic ring is 1. The quantitative estimate of drug-likeness (QED) is 0.674. The van der Waals surface area contributed by atoms with Crippen molar-refractivity contribution in [2.75, 3.05) is 5.73 Å². The average Bonchev–Trinajstić information content (AvgIpc) is 2.43. The normalized spacial score (nSPS) is 10.1. The molecule has 2 aromatic rings. The molecule has 0 unspecified atom stereocenters. The lowest BCUT2D eigenvalue weighted by Gasteiger charge is -1.73. The van der Waals surface area contributed by atoms with Crippen LogP contribution in [0.15, 0.2) is 6.07 Å². The van der Waals surface area contributed by atoms with Crippen LogP contribution in [-0.4, -0.2) is 4.98 Å². The summed E-state index contributed by atoms with van der Waals surface area (Å²) in [6, 6.07) is 3.88. The number of thiazole rings is 1. The first-order valence-electron chi connectivity index (χ1n) is 2.85. The first-order valence-corrected chi connectivity index (χ1v) is 4.49. The summed E-state index contributed by atoms with van der Waals surface area (Å²) >= 11 is 2.79. The Morgan fingerprint density at radius 1 is 1.55 bits per heavy atom. The van der Waals surface area contributed by atoms with Crippen LogP contribution in [0.4, 0.5) is 5.13 Å². The number of anilines is 1. The van der Waals surface area contributed by atoms with Gasteiger partial charge in [0.05, 0.1) is 4.70 Å². The fourth-order valence-corrected chi connectivity index (χ4v) is 2.60. The Morgan fingerprint density at radius 2 is 2.36 bits per heavy atom. The van der Waals surface area contributed by atoms with Crippen LogP contribution in [-0.2, 0) is 0 Å². The van der Waals surface area contributed by atoms with E-state index in [0.29, 0.717) is 10.0 Å². The molecule has 5 heteroatoms. The molecule has 2 rings (SSSR count). The number of rotatable bonds is 0. The van der Waals surface area contributed by atoms with Gasteiger partial charge < -0.3 is 5.73 Å². The topological polar surface area (TPSA) is 62.7 Å². The van der Waals surface area contributed by atoms with E-state index in [9.17, 15) is 0 Å². The van der Waals surface area contributed by atoms with Gasteiger partial charge in [-0.15, -0.1) is 11.3 Å². The van der Waals surface area contributed by atoms with Crippen LogP contribution in [0.1, 0.15) is 4.88 Å². The minimum Gasteiger partial charge on any atom is -0.375 e. The van der Waals surface area contributed by atoms with Crippen LogP contribution >= 0.6 is 22.7 Å². The highest BCUT2D eigenvalue weighted by molar-refractivity contribution is 7.29. The molecule has 0 saturated heterocycles. The van der Waals surface area contributed by atoms with E-state index in [0.717, 1.165) is 9.53 Å². The van der Waals surface area contributed by atoms with Crippen molar-refractivity contribution < 1.29 is 0 Å². The Balaban J connectivity index is 2.76. The highest BCUT2D eigenvalue weighted by Crippen LogP contribution is 2.30. The summed E-state index contributed by atoms with van der Waals surface area (Å²) in [5.74, 6) is 0. The van der Waals surface area contributed by atoms with E-state index in [2.05, 4.69) is 11.1 Å². The number of nitrogens with zero attached hydrogens (tertiary/aromatic N) is 2. The summed E-state index contributed by atoms with van der Waals surface area (Å²) in [4.78, 5) is 5.60. The fourth-order valence-electron chi connectivity index (χ4n) is 0.806. The Morgan fingerprint density at radius 3 is 3.00 bits per heavy atom. The second-order valence-electron chi connectivity index (χ2n) is 1.94. The summed E-state index contributed by atoms with van der Waals surface area (Å²) < 4.78 is 1.00. The number of nitrogens with two attached hydrogens (primary N) is 1. The van der Waals surface area contributed by atoms with Crippen LogP contribution in [0.5, 0.6) is 0 Å². The van der Waals surface area contributed by atoms with Crippen molar-refractivity contribution in [3.63, 3.8) is 0 Å². The molecule has 2 N–H and O–H groups in total. The zero-order chi connectivity index (χ0) is 7.84. The minimum atomic E-state index is 0.565. The van der Waals surface area contributed by atoms with E-state index in [1.807, 2.05) is 6.07 Å². The number of nitriles is 1. The lowest BCUT2D eigenvalue weighted by molar-refractivity contribution is 1.52. The first-order chi connectivity index (χ1) is 5.29. The van der Waals surface area contributed by atoms with Crippen molar-refractivity contribution >= 4 is 37.3 Å². The molecule has 0 fully saturated rings. The van der Waals surface area contributed by atoms with Gasteiger partial charge in [-0.1, -0.05) is 11.3 Å². The van der Waals surface area contributed by atoms with Crippen molar-refractivity contribution in [2.45, 2.75) is 0 Å². The molecule has 0 radical (unpaired) electrons. The monoisotopic (exact) mass is 181 g/mol. The van der Waals surface area contributed by atoms with E-state index in [1.165, 1.54) is 22.7 Å². The predicted octanol–water partition coefficient (Wildman–Crippen LogP) is 1.81. The van der Waals surface area contributed by atoms with Crippen LogP contribution in [0, 0.1) is 11.3 Å². The molecule has 54 valence electrons. The molecule has 3 nitrogen and oxygen atoms in total. The van der Waals surface area contributed by atoms with Crippen molar-refractivity contribution in [3.8, 4) is 6.07 Å². The molecular formula is C6H3N3S2. The highest BCUT2D eigenvalue weighted by Gasteiger charge is 2.05. The van der Waals surface area contributed by atoms with Crippen LogP contribution in [0.2, 0.25) is 0 Å². The third-order valence-electron chi connectivity index (χ3n) is 1.22. The third kappa shape index (κ3) is 0.964. The Hall–Kier alpha value is -1.12. The Kier molecular flexibility index (Phi) is 1.31. The predicted molar refractivity (Wildman–Crippen MR) is 46.6 cm³/mol. The summed E-state index contributed by atoms with van der Waals surface area (Å²) in [5, 5.41) is 9.10. The van der Waals surface area contributed by atoms with Gasteiger partial charge in [-0.05, 0) is 6.07 Å². The zero-order valence-corrected chi connectivity index (χ0v) is 7.00. The number of hydrogen-bond acceptors (Lipinski definition) is 5. The molecule has 0 saturated carbocycles. The van der Waals surface area contributed by atoms with Crippen molar-refractivity contribution in [2.24, 2.45) is 0 Å². The Bertz CT molecular complexity index is 403. The van der Waals surface area contributed by atoms with Gasteiger partial charge in [0.15, 0.2) is 5.13 Å². The second-order valence-corrected chi connectivity index (χ2v) is 4.04. The van der Waals surface area contributed by atoms with Gasteiger partial charge in [-0.3, -0.25) is 0 Å². The number of aromatic nitrogens is 1. The molecular weight excluding hydrogens is 178 g/mol. The van der Waals surface area contributed by atoms with Crippen molar-refractivity contribution in [1.82, 2.24) is 4.98 Å². The molecule has 0 aromatic carbocycles. The fraction of sp³-hybridized carbons (Fsp3) is 0. The number of fused-ring (bicyclic) bond motifs is 1. The van der Waals surface area contributed by atoms with E-state index in [4.69, 9.17) is 11.0 Å². The Labute approximate surface area is 70.7 Å². The van der Waals surface area contributed by atoms with Gasteiger partial charge in [-0.2, -0.15) is 5.26 Å². The lowest BCUT2D eigenvalue weighted by atomic mass is 10.5. The van der Waals surface area contributed by atoms with Gasteiger partial charge in [0.1, 0.15) is 15.8 Å². The van der Waals surface area contributed by atoms with E-state index >= 15 is 0 Å². The zero-order valence-electron chi connectivity index (χ0n) is 5.37. The average molecular weight is 181 g/mol. The smallest absolute Gasteiger partial charge is 0.181 e. The molecule has 11 heavy (non-hydrogen) atoms. The van der Waals surface area contributed by atoms with E-state index < -0.39 is 0 Å². The molecule has 0 aliphatic carbocycles. The molecule has 0 atom stereocenters. The van der Waals surface area contributed by atoms with Crippen LogP contribution < -0.4 is 5.73 Å². The van der Waals surface area contributed by atoms with Crippen molar-refractivity contribution in [1.29, 1.82) is 5.26 Å². The van der Waals surface area contributed by atoms with Gasteiger partial charge in [0.25, 0.3) is 0 Å². The van der Waals surface area contributed by atoms with Crippen LogP contribution in [0.25, 0.3) is 9.53 Å². The summed E-state index contributed by atoms with van der Waals surface area (Å²) in [5.41, 5.74) is 5.46. The maximum Gasteiger partial charge on any atom is 0.181 e. The summed E-state index contributed by atoms with van der Waals surface area (Å²) in [6.45, 7) is 0. The molecule has 2 heterocycles. The number of hydrogen-bond donors (Lipinski definition) is 1.